The minimum atomic E-state index is -0.389. The smallest absolute Gasteiger partial charge is 0.248 e. The molecule has 23 heavy (non-hydrogen) atoms. The molecule has 3 heteroatoms. The predicted molar refractivity (Wildman–Crippen MR) is 95.6 cm³/mol. The van der Waals surface area contributed by atoms with Gasteiger partial charge in [0.25, 0.3) is 0 Å². The van der Waals surface area contributed by atoms with Crippen molar-refractivity contribution in [3.63, 3.8) is 0 Å². The van der Waals surface area contributed by atoms with Gasteiger partial charge < -0.3 is 11.1 Å². The summed E-state index contributed by atoms with van der Waals surface area (Å²) in [6, 6.07) is 14.6. The number of rotatable bonds is 4. The molecule has 2 aromatic rings. The van der Waals surface area contributed by atoms with E-state index in [1.165, 1.54) is 43.4 Å². The highest BCUT2D eigenvalue weighted by atomic mass is 16.1. The van der Waals surface area contributed by atoms with Gasteiger partial charge in [-0.2, -0.15) is 0 Å². The third-order valence-corrected chi connectivity index (χ3v) is 4.66. The summed E-state index contributed by atoms with van der Waals surface area (Å²) in [5.41, 5.74) is 10.5. The van der Waals surface area contributed by atoms with Crippen molar-refractivity contribution >= 4 is 11.6 Å². The highest BCUT2D eigenvalue weighted by molar-refractivity contribution is 5.94. The summed E-state index contributed by atoms with van der Waals surface area (Å²) in [6.07, 6.45) is 6.55. The zero-order valence-corrected chi connectivity index (χ0v) is 13.6. The molecule has 0 saturated heterocycles. The van der Waals surface area contributed by atoms with Crippen molar-refractivity contribution in [1.29, 1.82) is 0 Å². The van der Waals surface area contributed by atoms with Gasteiger partial charge in [-0.1, -0.05) is 37.5 Å². The molecule has 3 nitrogen and oxygen atoms in total. The monoisotopic (exact) mass is 308 g/mol. The Kier molecular flexibility index (Phi) is 4.65. The van der Waals surface area contributed by atoms with E-state index < -0.39 is 0 Å². The molecule has 1 aliphatic carbocycles. The van der Waals surface area contributed by atoms with Gasteiger partial charge in [-0.3, -0.25) is 4.79 Å². The lowest BCUT2D eigenvalue weighted by Crippen LogP contribution is -2.22. The van der Waals surface area contributed by atoms with E-state index in [-0.39, 0.29) is 5.91 Å². The Bertz CT molecular complexity index is 703. The molecule has 0 aromatic heterocycles. The Morgan fingerprint density at radius 1 is 1.09 bits per heavy atom. The lowest BCUT2D eigenvalue weighted by atomic mass is 9.94. The normalized spacial score (nSPS) is 15.3. The Morgan fingerprint density at radius 3 is 2.57 bits per heavy atom. The Balaban J connectivity index is 1.81. The molecule has 1 fully saturated rings. The third-order valence-electron chi connectivity index (χ3n) is 4.66. The number of carbonyl (C=O) groups excluding carboxylic acids is 1. The second kappa shape index (κ2) is 6.86. The van der Waals surface area contributed by atoms with Crippen LogP contribution in [0.2, 0.25) is 0 Å². The van der Waals surface area contributed by atoms with Crippen molar-refractivity contribution in [3.05, 3.63) is 53.6 Å². The average Bonchev–Trinajstić information content (AvgIpc) is 2.56. The van der Waals surface area contributed by atoms with Crippen molar-refractivity contribution in [2.24, 2.45) is 5.73 Å². The van der Waals surface area contributed by atoms with Gasteiger partial charge >= 0.3 is 0 Å². The first-order valence-electron chi connectivity index (χ1n) is 8.41. The van der Waals surface area contributed by atoms with E-state index in [0.29, 0.717) is 11.6 Å². The van der Waals surface area contributed by atoms with Crippen LogP contribution >= 0.6 is 0 Å². The molecule has 0 unspecified atom stereocenters. The fourth-order valence-corrected chi connectivity index (χ4v) is 3.40. The number of primary amides is 1. The largest absolute Gasteiger partial charge is 0.382 e. The molecule has 0 bridgehead atoms. The molecule has 120 valence electrons. The number of benzene rings is 2. The second-order valence-electron chi connectivity index (χ2n) is 6.45. The summed E-state index contributed by atoms with van der Waals surface area (Å²) >= 11 is 0. The summed E-state index contributed by atoms with van der Waals surface area (Å²) in [4.78, 5) is 11.4. The van der Waals surface area contributed by atoms with Crippen molar-refractivity contribution in [2.75, 3.05) is 5.32 Å². The number of nitrogens with one attached hydrogen (secondary N) is 1. The maximum atomic E-state index is 11.4. The molecule has 0 spiro atoms. The van der Waals surface area contributed by atoms with Gasteiger partial charge in [0.15, 0.2) is 0 Å². The predicted octanol–water partition coefficient (Wildman–Crippen LogP) is 4.51. The summed E-state index contributed by atoms with van der Waals surface area (Å²) in [6.45, 7) is 2.11. The SMILES string of the molecule is Cc1cc(NC2CCCCC2)ccc1-c1cccc(C(N)=O)c1. The number of hydrogen-bond donors (Lipinski definition) is 2. The van der Waals surface area contributed by atoms with Crippen LogP contribution in [0, 0.1) is 6.92 Å². The van der Waals surface area contributed by atoms with Crippen LogP contribution in [-0.4, -0.2) is 11.9 Å². The van der Waals surface area contributed by atoms with E-state index >= 15 is 0 Å². The van der Waals surface area contributed by atoms with Crippen molar-refractivity contribution < 1.29 is 4.79 Å². The van der Waals surface area contributed by atoms with Gasteiger partial charge in [-0.05, 0) is 60.7 Å². The van der Waals surface area contributed by atoms with Crippen LogP contribution in [0.1, 0.15) is 48.0 Å². The topological polar surface area (TPSA) is 55.1 Å². The Labute approximate surface area is 137 Å². The van der Waals surface area contributed by atoms with Crippen LogP contribution in [0.3, 0.4) is 0 Å². The highest BCUT2D eigenvalue weighted by Crippen LogP contribution is 2.28. The maximum Gasteiger partial charge on any atom is 0.248 e. The minimum Gasteiger partial charge on any atom is -0.382 e. The number of aryl methyl sites for hydroxylation is 1. The molecule has 1 amide bonds. The van der Waals surface area contributed by atoms with Crippen molar-refractivity contribution in [2.45, 2.75) is 45.1 Å². The molecular formula is C20H24N2O. The summed E-state index contributed by atoms with van der Waals surface area (Å²) in [5, 5.41) is 3.66. The van der Waals surface area contributed by atoms with Crippen LogP contribution in [0.15, 0.2) is 42.5 Å². The standard InChI is InChI=1S/C20H24N2O/c1-14-12-18(22-17-8-3-2-4-9-17)10-11-19(14)15-6-5-7-16(13-15)20(21)23/h5-7,10-13,17,22H,2-4,8-9H2,1H3,(H2,21,23). The first-order chi connectivity index (χ1) is 11.1. The van der Waals surface area contributed by atoms with Crippen LogP contribution in [0.5, 0.6) is 0 Å². The average molecular weight is 308 g/mol. The van der Waals surface area contributed by atoms with E-state index in [0.717, 1.165) is 11.1 Å². The van der Waals surface area contributed by atoms with Gasteiger partial charge in [0.05, 0.1) is 0 Å². The fourth-order valence-electron chi connectivity index (χ4n) is 3.40. The Morgan fingerprint density at radius 2 is 1.87 bits per heavy atom. The Hall–Kier alpha value is -2.29. The van der Waals surface area contributed by atoms with Crippen LogP contribution in [-0.2, 0) is 0 Å². The van der Waals surface area contributed by atoms with E-state index in [1.54, 1.807) is 6.07 Å². The van der Waals surface area contributed by atoms with E-state index in [4.69, 9.17) is 5.73 Å². The maximum absolute atomic E-state index is 11.4. The van der Waals surface area contributed by atoms with Gasteiger partial charge in [0, 0.05) is 17.3 Å². The first-order valence-corrected chi connectivity index (χ1v) is 8.41. The third kappa shape index (κ3) is 3.73. The van der Waals surface area contributed by atoms with Gasteiger partial charge in [-0.25, -0.2) is 0 Å². The number of anilines is 1. The molecular weight excluding hydrogens is 284 g/mol. The molecule has 0 radical (unpaired) electrons. The number of carbonyl (C=O) groups is 1. The number of hydrogen-bond acceptors (Lipinski definition) is 2. The van der Waals surface area contributed by atoms with Crippen LogP contribution < -0.4 is 11.1 Å². The summed E-state index contributed by atoms with van der Waals surface area (Å²) < 4.78 is 0. The van der Waals surface area contributed by atoms with Crippen LogP contribution in [0.25, 0.3) is 11.1 Å². The molecule has 2 aromatic carbocycles. The lowest BCUT2D eigenvalue weighted by molar-refractivity contribution is 0.100. The van der Waals surface area contributed by atoms with Gasteiger partial charge in [0.1, 0.15) is 0 Å². The number of nitrogens with two attached hydrogens (primary N) is 1. The highest BCUT2D eigenvalue weighted by Gasteiger charge is 2.13. The van der Waals surface area contributed by atoms with E-state index in [9.17, 15) is 4.79 Å². The lowest BCUT2D eigenvalue weighted by Gasteiger charge is -2.24. The van der Waals surface area contributed by atoms with Gasteiger partial charge in [0.2, 0.25) is 5.91 Å². The van der Waals surface area contributed by atoms with E-state index in [1.807, 2.05) is 18.2 Å². The quantitative estimate of drug-likeness (QED) is 0.873. The number of amides is 1. The molecule has 3 rings (SSSR count). The molecule has 0 atom stereocenters. The van der Waals surface area contributed by atoms with Crippen molar-refractivity contribution in [3.8, 4) is 11.1 Å². The molecule has 1 aliphatic rings. The molecule has 0 aliphatic heterocycles. The minimum absolute atomic E-state index is 0.389. The van der Waals surface area contributed by atoms with E-state index in [2.05, 4.69) is 30.4 Å². The molecule has 1 saturated carbocycles. The summed E-state index contributed by atoms with van der Waals surface area (Å²) in [7, 11) is 0. The molecule has 0 heterocycles. The van der Waals surface area contributed by atoms with Crippen molar-refractivity contribution in [1.82, 2.24) is 0 Å². The summed E-state index contributed by atoms with van der Waals surface area (Å²) in [5.74, 6) is -0.389. The zero-order valence-electron chi connectivity index (χ0n) is 13.6. The fraction of sp³-hybridized carbons (Fsp3) is 0.350. The molecule has 3 N–H and O–H groups in total. The van der Waals surface area contributed by atoms with Crippen LogP contribution in [0.4, 0.5) is 5.69 Å². The zero-order chi connectivity index (χ0) is 16.2. The van der Waals surface area contributed by atoms with Gasteiger partial charge in [-0.15, -0.1) is 0 Å². The second-order valence-corrected chi connectivity index (χ2v) is 6.45. The first kappa shape index (κ1) is 15.6.